The molecular weight excluding hydrogens is 249 g/mol. The molecule has 2 N–H and O–H groups in total. The predicted molar refractivity (Wildman–Crippen MR) is 67.4 cm³/mol. The number of rotatable bonds is 3. The van der Waals surface area contributed by atoms with Crippen LogP contribution in [0.2, 0.25) is 0 Å². The molecule has 0 saturated heterocycles. The molecule has 2 rings (SSSR count). The van der Waals surface area contributed by atoms with Crippen LogP contribution >= 0.6 is 0 Å². The molecule has 0 aliphatic heterocycles. The van der Waals surface area contributed by atoms with Crippen molar-refractivity contribution < 1.29 is 19.1 Å². The largest absolute Gasteiger partial charge is 0.481 e. The van der Waals surface area contributed by atoms with Gasteiger partial charge in [0, 0.05) is 11.6 Å². The molecule has 0 unspecified atom stereocenters. The number of aryl methyl sites for hydroxylation is 1. The molecule has 5 heteroatoms. The Morgan fingerprint density at radius 1 is 1.37 bits per heavy atom. The maximum absolute atomic E-state index is 13.1. The molecule has 1 aliphatic carbocycles. The second-order valence-corrected chi connectivity index (χ2v) is 4.98. The van der Waals surface area contributed by atoms with E-state index in [1.165, 1.54) is 12.1 Å². The van der Waals surface area contributed by atoms with Crippen LogP contribution in [0.25, 0.3) is 0 Å². The van der Waals surface area contributed by atoms with Gasteiger partial charge < -0.3 is 10.4 Å². The van der Waals surface area contributed by atoms with E-state index in [2.05, 4.69) is 5.32 Å². The van der Waals surface area contributed by atoms with Gasteiger partial charge in [-0.3, -0.25) is 9.59 Å². The first-order valence-electron chi connectivity index (χ1n) is 6.27. The second kappa shape index (κ2) is 5.38. The van der Waals surface area contributed by atoms with Gasteiger partial charge in [0.2, 0.25) is 0 Å². The van der Waals surface area contributed by atoms with Crippen LogP contribution in [-0.4, -0.2) is 23.0 Å². The van der Waals surface area contributed by atoms with E-state index in [0.29, 0.717) is 30.4 Å². The van der Waals surface area contributed by atoms with Gasteiger partial charge in [0.1, 0.15) is 5.82 Å². The highest BCUT2D eigenvalue weighted by molar-refractivity contribution is 5.95. The van der Waals surface area contributed by atoms with Crippen LogP contribution in [0.3, 0.4) is 0 Å². The number of amides is 1. The number of benzene rings is 1. The van der Waals surface area contributed by atoms with Crippen molar-refractivity contribution in [2.45, 2.75) is 32.2 Å². The number of carboxylic acid groups (broad SMARTS) is 1. The highest BCUT2D eigenvalue weighted by Gasteiger charge is 2.30. The molecular formula is C14H16FNO3. The Morgan fingerprint density at radius 2 is 2.11 bits per heavy atom. The average molecular weight is 265 g/mol. The Bertz CT molecular complexity index is 515. The number of carbonyl (C=O) groups excluding carboxylic acids is 1. The van der Waals surface area contributed by atoms with E-state index in [9.17, 15) is 14.0 Å². The van der Waals surface area contributed by atoms with Crippen LogP contribution in [0.4, 0.5) is 4.39 Å². The third-order valence-electron chi connectivity index (χ3n) is 3.56. The van der Waals surface area contributed by atoms with Gasteiger partial charge in [-0.2, -0.15) is 0 Å². The Hall–Kier alpha value is -1.91. The third kappa shape index (κ3) is 3.10. The van der Waals surface area contributed by atoms with Gasteiger partial charge >= 0.3 is 5.97 Å². The Labute approximate surface area is 110 Å². The number of carbonyl (C=O) groups is 2. The summed E-state index contributed by atoms with van der Waals surface area (Å²) in [6, 6.07) is 3.92. The highest BCUT2D eigenvalue weighted by atomic mass is 19.1. The summed E-state index contributed by atoms with van der Waals surface area (Å²) in [5, 5.41) is 11.7. The zero-order valence-corrected chi connectivity index (χ0v) is 10.6. The summed E-state index contributed by atoms with van der Waals surface area (Å²) in [7, 11) is 0. The number of halogens is 1. The van der Waals surface area contributed by atoms with Crippen LogP contribution in [0, 0.1) is 18.7 Å². The molecule has 1 aliphatic rings. The normalized spacial score (nSPS) is 22.2. The fourth-order valence-electron chi connectivity index (χ4n) is 2.44. The molecule has 1 amide bonds. The first kappa shape index (κ1) is 13.5. The van der Waals surface area contributed by atoms with Crippen molar-refractivity contribution in [3.63, 3.8) is 0 Å². The van der Waals surface area contributed by atoms with E-state index < -0.39 is 11.8 Å². The van der Waals surface area contributed by atoms with Crippen molar-refractivity contribution in [3.8, 4) is 0 Å². The molecule has 19 heavy (non-hydrogen) atoms. The molecule has 1 aromatic carbocycles. The van der Waals surface area contributed by atoms with Crippen molar-refractivity contribution in [1.82, 2.24) is 5.32 Å². The number of aliphatic carboxylic acids is 1. The molecule has 1 fully saturated rings. The molecule has 0 spiro atoms. The average Bonchev–Trinajstić information content (AvgIpc) is 2.80. The summed E-state index contributed by atoms with van der Waals surface area (Å²) in [5.74, 6) is -2.00. The molecule has 0 bridgehead atoms. The van der Waals surface area contributed by atoms with E-state index in [0.717, 1.165) is 0 Å². The summed E-state index contributed by atoms with van der Waals surface area (Å²) in [6.07, 6.45) is 1.66. The molecule has 1 aromatic rings. The summed E-state index contributed by atoms with van der Waals surface area (Å²) < 4.78 is 13.1. The minimum Gasteiger partial charge on any atom is -0.481 e. The predicted octanol–water partition coefficient (Wildman–Crippen LogP) is 2.12. The molecule has 4 nitrogen and oxygen atoms in total. The highest BCUT2D eigenvalue weighted by Crippen LogP contribution is 2.26. The monoisotopic (exact) mass is 265 g/mol. The lowest BCUT2D eigenvalue weighted by Crippen LogP contribution is -2.33. The fourth-order valence-corrected chi connectivity index (χ4v) is 2.44. The van der Waals surface area contributed by atoms with Crippen LogP contribution < -0.4 is 5.32 Å². The van der Waals surface area contributed by atoms with Crippen molar-refractivity contribution in [3.05, 3.63) is 35.1 Å². The molecule has 2 atom stereocenters. The molecule has 0 radical (unpaired) electrons. The first-order valence-corrected chi connectivity index (χ1v) is 6.27. The minimum atomic E-state index is -0.821. The Kier molecular flexibility index (Phi) is 3.83. The second-order valence-electron chi connectivity index (χ2n) is 4.98. The van der Waals surface area contributed by atoms with Gasteiger partial charge in [-0.15, -0.1) is 0 Å². The van der Waals surface area contributed by atoms with E-state index >= 15 is 0 Å². The molecule has 1 saturated carbocycles. The van der Waals surface area contributed by atoms with E-state index in [-0.39, 0.29) is 17.9 Å². The van der Waals surface area contributed by atoms with Crippen molar-refractivity contribution in [1.29, 1.82) is 0 Å². The summed E-state index contributed by atoms with van der Waals surface area (Å²) in [5.41, 5.74) is 1.01. The maximum atomic E-state index is 13.1. The number of carboxylic acids is 1. The zero-order chi connectivity index (χ0) is 14.0. The first-order chi connectivity index (χ1) is 8.97. The van der Waals surface area contributed by atoms with Crippen LogP contribution in [0.5, 0.6) is 0 Å². The fraction of sp³-hybridized carbons (Fsp3) is 0.429. The minimum absolute atomic E-state index is 0.142. The smallest absolute Gasteiger partial charge is 0.306 e. The SMILES string of the molecule is Cc1ccc(F)cc1C(=O)N[C@H]1CC[C@@H](C(=O)O)C1. The van der Waals surface area contributed by atoms with Crippen LogP contribution in [0.1, 0.15) is 35.2 Å². The number of hydrogen-bond donors (Lipinski definition) is 2. The Balaban J connectivity index is 2.02. The van der Waals surface area contributed by atoms with Crippen molar-refractivity contribution in [2.24, 2.45) is 5.92 Å². The lowest BCUT2D eigenvalue weighted by Gasteiger charge is -2.13. The van der Waals surface area contributed by atoms with Gasteiger partial charge in [0.25, 0.3) is 5.91 Å². The van der Waals surface area contributed by atoms with Crippen LogP contribution in [-0.2, 0) is 4.79 Å². The number of nitrogens with one attached hydrogen (secondary N) is 1. The summed E-state index contributed by atoms with van der Waals surface area (Å²) >= 11 is 0. The quantitative estimate of drug-likeness (QED) is 0.879. The lowest BCUT2D eigenvalue weighted by atomic mass is 10.1. The Morgan fingerprint density at radius 3 is 2.74 bits per heavy atom. The van der Waals surface area contributed by atoms with Gasteiger partial charge in [-0.1, -0.05) is 6.07 Å². The topological polar surface area (TPSA) is 66.4 Å². The van der Waals surface area contributed by atoms with Crippen molar-refractivity contribution in [2.75, 3.05) is 0 Å². The number of hydrogen-bond acceptors (Lipinski definition) is 2. The van der Waals surface area contributed by atoms with Crippen molar-refractivity contribution >= 4 is 11.9 Å². The van der Waals surface area contributed by atoms with Gasteiger partial charge in [-0.05, 0) is 43.9 Å². The van der Waals surface area contributed by atoms with Gasteiger partial charge in [0.05, 0.1) is 5.92 Å². The van der Waals surface area contributed by atoms with E-state index in [1.807, 2.05) is 0 Å². The van der Waals surface area contributed by atoms with E-state index in [4.69, 9.17) is 5.11 Å². The maximum Gasteiger partial charge on any atom is 0.306 e. The van der Waals surface area contributed by atoms with Gasteiger partial charge in [0.15, 0.2) is 0 Å². The third-order valence-corrected chi connectivity index (χ3v) is 3.56. The van der Waals surface area contributed by atoms with Gasteiger partial charge in [-0.25, -0.2) is 4.39 Å². The summed E-state index contributed by atoms with van der Waals surface area (Å²) in [6.45, 7) is 1.74. The summed E-state index contributed by atoms with van der Waals surface area (Å²) in [4.78, 5) is 22.9. The molecule has 102 valence electrons. The van der Waals surface area contributed by atoms with Crippen LogP contribution in [0.15, 0.2) is 18.2 Å². The lowest BCUT2D eigenvalue weighted by molar-refractivity contribution is -0.141. The van der Waals surface area contributed by atoms with E-state index in [1.54, 1.807) is 13.0 Å². The standard InChI is InChI=1S/C14H16FNO3/c1-8-2-4-10(15)7-12(8)13(17)16-11-5-3-9(6-11)14(18)19/h2,4,7,9,11H,3,5-6H2,1H3,(H,16,17)(H,18,19)/t9-,11+/m1/s1. The zero-order valence-electron chi connectivity index (χ0n) is 10.6. The molecule has 0 heterocycles. The molecule has 0 aromatic heterocycles.